The number of benzene rings is 1. The molecule has 0 spiro atoms. The summed E-state index contributed by atoms with van der Waals surface area (Å²) in [4.78, 5) is 2.40. The molecule has 0 bridgehead atoms. The fourth-order valence-electron chi connectivity index (χ4n) is 2.34. The third-order valence-corrected chi connectivity index (χ3v) is 3.83. The van der Waals surface area contributed by atoms with Crippen LogP contribution in [-0.4, -0.2) is 32.3 Å². The Bertz CT molecular complexity index is 409. The van der Waals surface area contributed by atoms with Gasteiger partial charge < -0.3 is 15.0 Å². The highest BCUT2D eigenvalue weighted by Gasteiger charge is 2.16. The minimum atomic E-state index is 0.365. The van der Waals surface area contributed by atoms with Gasteiger partial charge in [-0.2, -0.15) is 0 Å². The van der Waals surface area contributed by atoms with Gasteiger partial charge in [-0.3, -0.25) is 0 Å². The molecule has 1 unspecified atom stereocenters. The average molecular weight is 343 g/mol. The summed E-state index contributed by atoms with van der Waals surface area (Å²) in [6.07, 6.45) is 0. The Morgan fingerprint density at radius 2 is 2.00 bits per heavy atom. The number of rotatable bonds is 8. The maximum Gasteiger partial charge on any atom is 0.0663 e. The first kappa shape index (κ1) is 17.5. The second kappa shape index (κ2) is 8.65. The van der Waals surface area contributed by atoms with Crippen LogP contribution in [0.1, 0.15) is 33.3 Å². The summed E-state index contributed by atoms with van der Waals surface area (Å²) >= 11 is 3.57. The zero-order valence-electron chi connectivity index (χ0n) is 13.2. The minimum absolute atomic E-state index is 0.365. The van der Waals surface area contributed by atoms with Crippen LogP contribution in [0.5, 0.6) is 0 Å². The van der Waals surface area contributed by atoms with E-state index in [1.165, 1.54) is 11.3 Å². The Morgan fingerprint density at radius 3 is 2.55 bits per heavy atom. The average Bonchev–Trinajstić information content (AvgIpc) is 2.39. The third-order valence-electron chi connectivity index (χ3n) is 3.33. The summed E-state index contributed by atoms with van der Waals surface area (Å²) < 4.78 is 6.43. The Kier molecular flexibility index (Phi) is 7.56. The van der Waals surface area contributed by atoms with Crippen molar-refractivity contribution in [3.63, 3.8) is 0 Å². The number of methoxy groups -OCH3 is 1. The van der Waals surface area contributed by atoms with E-state index in [2.05, 4.69) is 72.0 Å². The molecule has 0 aliphatic carbocycles. The van der Waals surface area contributed by atoms with Crippen molar-refractivity contribution >= 4 is 21.6 Å². The van der Waals surface area contributed by atoms with E-state index in [1.54, 1.807) is 7.11 Å². The van der Waals surface area contributed by atoms with Crippen LogP contribution in [0.4, 0.5) is 5.69 Å². The van der Waals surface area contributed by atoms with E-state index in [-0.39, 0.29) is 0 Å². The molecule has 0 aromatic heterocycles. The maximum atomic E-state index is 5.30. The predicted molar refractivity (Wildman–Crippen MR) is 90.5 cm³/mol. The van der Waals surface area contributed by atoms with Gasteiger partial charge >= 0.3 is 0 Å². The molecular formula is C16H27BrN2O. The fraction of sp³-hybridized carbons (Fsp3) is 0.625. The number of nitrogens with one attached hydrogen (secondary N) is 1. The van der Waals surface area contributed by atoms with Crippen molar-refractivity contribution in [3.05, 3.63) is 28.2 Å². The summed E-state index contributed by atoms with van der Waals surface area (Å²) in [7, 11) is 1.76. The van der Waals surface area contributed by atoms with E-state index in [4.69, 9.17) is 4.74 Å². The van der Waals surface area contributed by atoms with Crippen LogP contribution in [0.3, 0.4) is 0 Å². The maximum absolute atomic E-state index is 5.30. The first-order chi connectivity index (χ1) is 9.49. The van der Waals surface area contributed by atoms with Crippen LogP contribution in [0.25, 0.3) is 0 Å². The van der Waals surface area contributed by atoms with Gasteiger partial charge in [-0.05, 0) is 37.6 Å². The lowest BCUT2D eigenvalue weighted by molar-refractivity contribution is 0.182. The highest BCUT2D eigenvalue weighted by molar-refractivity contribution is 9.10. The molecular weight excluding hydrogens is 316 g/mol. The summed E-state index contributed by atoms with van der Waals surface area (Å²) in [5.74, 6) is 0. The van der Waals surface area contributed by atoms with Gasteiger partial charge in [-0.15, -0.1) is 0 Å². The molecule has 0 fully saturated rings. The molecule has 1 aromatic rings. The smallest absolute Gasteiger partial charge is 0.0663 e. The van der Waals surface area contributed by atoms with Gasteiger partial charge in [0.25, 0.3) is 0 Å². The second-order valence-corrected chi connectivity index (χ2v) is 6.31. The molecule has 1 aromatic carbocycles. The van der Waals surface area contributed by atoms with Crippen molar-refractivity contribution in [1.82, 2.24) is 5.32 Å². The number of likely N-dealkylation sites (N-methyl/N-ethyl adjacent to an activating group) is 1. The molecule has 1 rings (SSSR count). The second-order valence-electron chi connectivity index (χ2n) is 5.40. The van der Waals surface area contributed by atoms with E-state index >= 15 is 0 Å². The van der Waals surface area contributed by atoms with Gasteiger partial charge in [0, 0.05) is 42.4 Å². The summed E-state index contributed by atoms with van der Waals surface area (Å²) in [6, 6.07) is 7.35. The molecule has 0 aliphatic heterocycles. The van der Waals surface area contributed by atoms with Gasteiger partial charge in [-0.1, -0.05) is 29.8 Å². The zero-order chi connectivity index (χ0) is 15.1. The normalized spacial score (nSPS) is 12.8. The number of ether oxygens (including phenoxy) is 1. The quantitative estimate of drug-likeness (QED) is 0.777. The largest absolute Gasteiger partial charge is 0.383 e. The van der Waals surface area contributed by atoms with Crippen LogP contribution in [-0.2, 0) is 11.3 Å². The SMILES string of the molecule is CCN(c1ccc(Br)cc1CNC(C)C)C(C)COC. The number of nitrogens with zero attached hydrogens (tertiary/aromatic N) is 1. The van der Waals surface area contributed by atoms with Crippen molar-refractivity contribution < 1.29 is 4.74 Å². The molecule has 3 nitrogen and oxygen atoms in total. The first-order valence-electron chi connectivity index (χ1n) is 7.27. The van der Waals surface area contributed by atoms with E-state index < -0.39 is 0 Å². The topological polar surface area (TPSA) is 24.5 Å². The van der Waals surface area contributed by atoms with Crippen LogP contribution in [0.2, 0.25) is 0 Å². The van der Waals surface area contributed by atoms with Crippen molar-refractivity contribution in [1.29, 1.82) is 0 Å². The number of anilines is 1. The Morgan fingerprint density at radius 1 is 1.30 bits per heavy atom. The Hall–Kier alpha value is -0.580. The van der Waals surface area contributed by atoms with Crippen molar-refractivity contribution in [2.75, 3.05) is 25.2 Å². The summed E-state index contributed by atoms with van der Waals surface area (Å²) in [6.45, 7) is 11.3. The molecule has 0 saturated carbocycles. The molecule has 1 atom stereocenters. The van der Waals surface area contributed by atoms with E-state index in [0.717, 1.165) is 24.2 Å². The van der Waals surface area contributed by atoms with Crippen LogP contribution >= 0.6 is 15.9 Å². The van der Waals surface area contributed by atoms with Gasteiger partial charge in [0.2, 0.25) is 0 Å². The van der Waals surface area contributed by atoms with Crippen LogP contribution < -0.4 is 10.2 Å². The fourth-order valence-corrected chi connectivity index (χ4v) is 2.75. The van der Waals surface area contributed by atoms with Gasteiger partial charge in [0.1, 0.15) is 0 Å². The molecule has 20 heavy (non-hydrogen) atoms. The molecule has 0 aliphatic rings. The molecule has 0 heterocycles. The third kappa shape index (κ3) is 5.08. The van der Waals surface area contributed by atoms with E-state index in [0.29, 0.717) is 12.1 Å². The monoisotopic (exact) mass is 342 g/mol. The van der Waals surface area contributed by atoms with E-state index in [9.17, 15) is 0 Å². The number of hydrogen-bond acceptors (Lipinski definition) is 3. The Labute approximate surface area is 131 Å². The number of halogens is 1. The standard InChI is InChI=1S/C16H27BrN2O/c1-6-19(13(4)11-20-5)16-8-7-15(17)9-14(16)10-18-12(2)3/h7-9,12-13,18H,6,10-11H2,1-5H3. The minimum Gasteiger partial charge on any atom is -0.383 e. The van der Waals surface area contributed by atoms with Gasteiger partial charge in [0.05, 0.1) is 6.61 Å². The Balaban J connectivity index is 3.00. The van der Waals surface area contributed by atoms with Crippen LogP contribution in [0.15, 0.2) is 22.7 Å². The highest BCUT2D eigenvalue weighted by atomic mass is 79.9. The molecule has 1 N–H and O–H groups in total. The van der Waals surface area contributed by atoms with Crippen LogP contribution in [0, 0.1) is 0 Å². The molecule has 4 heteroatoms. The van der Waals surface area contributed by atoms with Gasteiger partial charge in [0.15, 0.2) is 0 Å². The highest BCUT2D eigenvalue weighted by Crippen LogP contribution is 2.26. The lowest BCUT2D eigenvalue weighted by Crippen LogP contribution is -2.37. The summed E-state index contributed by atoms with van der Waals surface area (Å²) in [5.41, 5.74) is 2.60. The molecule has 0 radical (unpaired) electrons. The first-order valence-corrected chi connectivity index (χ1v) is 8.06. The van der Waals surface area contributed by atoms with Crippen molar-refractivity contribution in [2.24, 2.45) is 0 Å². The predicted octanol–water partition coefficient (Wildman–Crippen LogP) is 3.81. The molecule has 0 saturated heterocycles. The summed E-state index contributed by atoms with van der Waals surface area (Å²) in [5, 5.41) is 3.50. The van der Waals surface area contributed by atoms with Crippen molar-refractivity contribution in [3.8, 4) is 0 Å². The van der Waals surface area contributed by atoms with Gasteiger partial charge in [-0.25, -0.2) is 0 Å². The molecule has 0 amide bonds. The number of hydrogen-bond donors (Lipinski definition) is 1. The zero-order valence-corrected chi connectivity index (χ0v) is 14.8. The van der Waals surface area contributed by atoms with E-state index in [1.807, 2.05) is 0 Å². The lowest BCUT2D eigenvalue weighted by atomic mass is 10.1. The molecule has 114 valence electrons. The van der Waals surface area contributed by atoms with Crippen molar-refractivity contribution in [2.45, 2.75) is 46.3 Å². The lowest BCUT2D eigenvalue weighted by Gasteiger charge is -2.32.